The minimum atomic E-state index is -3.44. The topological polar surface area (TPSA) is 66.5 Å². The van der Waals surface area contributed by atoms with E-state index in [-0.39, 0.29) is 24.9 Å². The molecule has 1 N–H and O–H groups in total. The number of nitrogens with zero attached hydrogens (tertiary/aromatic N) is 1. The Kier molecular flexibility index (Phi) is 6.94. The smallest absolute Gasteiger partial charge is 0.225 e. The summed E-state index contributed by atoms with van der Waals surface area (Å²) in [4.78, 5) is 12.3. The van der Waals surface area contributed by atoms with E-state index in [1.54, 1.807) is 0 Å². The zero-order chi connectivity index (χ0) is 19.2. The molecule has 26 heavy (non-hydrogen) atoms. The van der Waals surface area contributed by atoms with Gasteiger partial charge < -0.3 is 5.32 Å². The van der Waals surface area contributed by atoms with Crippen LogP contribution in [0.2, 0.25) is 0 Å². The first-order valence-corrected chi connectivity index (χ1v) is 10.6. The molecule has 0 heterocycles. The van der Waals surface area contributed by atoms with Crippen molar-refractivity contribution in [3.8, 4) is 0 Å². The Hall–Kier alpha value is -2.18. The summed E-state index contributed by atoms with van der Waals surface area (Å²) in [7, 11) is -3.44. The van der Waals surface area contributed by atoms with E-state index in [0.717, 1.165) is 23.2 Å². The van der Waals surface area contributed by atoms with Crippen LogP contribution in [0.5, 0.6) is 0 Å². The van der Waals surface area contributed by atoms with E-state index in [1.807, 2.05) is 68.4 Å². The number of benzene rings is 2. The van der Waals surface area contributed by atoms with Gasteiger partial charge in [0.25, 0.3) is 0 Å². The number of hydrogen-bond donors (Lipinski definition) is 1. The molecule has 0 saturated carbocycles. The van der Waals surface area contributed by atoms with Gasteiger partial charge in [0.15, 0.2) is 0 Å². The summed E-state index contributed by atoms with van der Waals surface area (Å²) in [5.74, 6) is -0.195. The second-order valence-corrected chi connectivity index (χ2v) is 8.20. The minimum absolute atomic E-state index is 0.0995. The Morgan fingerprint density at radius 3 is 2.31 bits per heavy atom. The Balaban J connectivity index is 2.07. The van der Waals surface area contributed by atoms with Crippen LogP contribution < -0.4 is 5.32 Å². The molecule has 0 bridgehead atoms. The van der Waals surface area contributed by atoms with Crippen LogP contribution in [0.1, 0.15) is 37.4 Å². The number of rotatable bonds is 8. The van der Waals surface area contributed by atoms with Crippen molar-refractivity contribution in [1.82, 2.24) is 4.31 Å². The second-order valence-electron chi connectivity index (χ2n) is 6.27. The summed E-state index contributed by atoms with van der Waals surface area (Å²) < 4.78 is 25.8. The number of carbonyl (C=O) groups excluding carboxylic acids is 1. The predicted molar refractivity (Wildman–Crippen MR) is 105 cm³/mol. The van der Waals surface area contributed by atoms with Crippen molar-refractivity contribution in [1.29, 1.82) is 0 Å². The number of nitrogens with one attached hydrogen (secondary N) is 1. The number of carbonyl (C=O) groups is 1. The summed E-state index contributed by atoms with van der Waals surface area (Å²) in [6.45, 7) is 3.99. The van der Waals surface area contributed by atoms with Gasteiger partial charge in [-0.2, -0.15) is 4.31 Å². The van der Waals surface area contributed by atoms with Crippen LogP contribution in [-0.2, 0) is 21.2 Å². The van der Waals surface area contributed by atoms with Crippen LogP contribution in [-0.4, -0.2) is 31.4 Å². The molecule has 0 aliphatic rings. The predicted octanol–water partition coefficient (Wildman–Crippen LogP) is 3.60. The molecule has 0 aliphatic carbocycles. The van der Waals surface area contributed by atoms with E-state index >= 15 is 0 Å². The van der Waals surface area contributed by atoms with E-state index in [1.165, 1.54) is 10.6 Å². The summed E-state index contributed by atoms with van der Waals surface area (Å²) in [6.07, 6.45) is 2.09. The Labute approximate surface area is 156 Å². The summed E-state index contributed by atoms with van der Waals surface area (Å²) in [5.41, 5.74) is 2.73. The maximum Gasteiger partial charge on any atom is 0.225 e. The van der Waals surface area contributed by atoms with Crippen molar-refractivity contribution < 1.29 is 13.2 Å². The van der Waals surface area contributed by atoms with Gasteiger partial charge in [0.2, 0.25) is 15.9 Å². The Morgan fingerprint density at radius 1 is 1.08 bits per heavy atom. The van der Waals surface area contributed by atoms with Crippen molar-refractivity contribution >= 4 is 21.6 Å². The maximum atomic E-state index is 12.3. The lowest BCUT2D eigenvalue weighted by atomic mass is 10.1. The van der Waals surface area contributed by atoms with Crippen LogP contribution in [0.3, 0.4) is 0 Å². The molecular formula is C20H26N2O3S. The average molecular weight is 375 g/mol. The first-order chi connectivity index (χ1) is 12.3. The SMILES string of the molecule is CCc1ccccc1NC(=O)CCN(C(C)c1ccccc1)S(C)(=O)=O. The zero-order valence-electron chi connectivity index (χ0n) is 15.5. The molecule has 0 aliphatic heterocycles. The molecule has 0 fully saturated rings. The van der Waals surface area contributed by atoms with Crippen LogP contribution in [0.15, 0.2) is 54.6 Å². The molecule has 0 saturated heterocycles. The third-order valence-corrected chi connectivity index (χ3v) is 5.72. The molecule has 0 aromatic heterocycles. The van der Waals surface area contributed by atoms with Gasteiger partial charge in [-0.05, 0) is 30.5 Å². The molecule has 0 radical (unpaired) electrons. The lowest BCUT2D eigenvalue weighted by Gasteiger charge is -2.27. The Bertz CT molecular complexity index is 835. The molecular weight excluding hydrogens is 348 g/mol. The lowest BCUT2D eigenvalue weighted by Crippen LogP contribution is -2.35. The molecule has 140 valence electrons. The van der Waals surface area contributed by atoms with Crippen molar-refractivity contribution in [3.63, 3.8) is 0 Å². The third kappa shape index (κ3) is 5.41. The molecule has 5 nitrogen and oxygen atoms in total. The van der Waals surface area contributed by atoms with E-state index < -0.39 is 10.0 Å². The highest BCUT2D eigenvalue weighted by atomic mass is 32.2. The van der Waals surface area contributed by atoms with Crippen molar-refractivity contribution in [3.05, 3.63) is 65.7 Å². The normalized spacial score (nSPS) is 12.8. The monoisotopic (exact) mass is 374 g/mol. The lowest BCUT2D eigenvalue weighted by molar-refractivity contribution is -0.116. The number of para-hydroxylation sites is 1. The highest BCUT2D eigenvalue weighted by Crippen LogP contribution is 2.23. The average Bonchev–Trinajstić information content (AvgIpc) is 2.61. The second kappa shape index (κ2) is 8.96. The van der Waals surface area contributed by atoms with E-state index in [0.29, 0.717) is 0 Å². The number of amides is 1. The van der Waals surface area contributed by atoms with Crippen molar-refractivity contribution in [2.75, 3.05) is 18.1 Å². The van der Waals surface area contributed by atoms with Crippen LogP contribution in [0, 0.1) is 0 Å². The molecule has 0 spiro atoms. The fourth-order valence-electron chi connectivity index (χ4n) is 2.92. The number of sulfonamides is 1. The van der Waals surface area contributed by atoms with Gasteiger partial charge in [0.1, 0.15) is 0 Å². The van der Waals surface area contributed by atoms with E-state index in [9.17, 15) is 13.2 Å². The van der Waals surface area contributed by atoms with Gasteiger partial charge in [-0.25, -0.2) is 8.42 Å². The first kappa shape index (κ1) is 20.1. The van der Waals surface area contributed by atoms with Gasteiger partial charge in [0, 0.05) is 24.7 Å². The zero-order valence-corrected chi connectivity index (χ0v) is 16.3. The number of aryl methyl sites for hydroxylation is 1. The first-order valence-electron chi connectivity index (χ1n) is 8.72. The van der Waals surface area contributed by atoms with E-state index in [2.05, 4.69) is 5.32 Å². The summed E-state index contributed by atoms with van der Waals surface area (Å²) in [5, 5.41) is 2.89. The summed E-state index contributed by atoms with van der Waals surface area (Å²) >= 11 is 0. The van der Waals surface area contributed by atoms with Crippen LogP contribution >= 0.6 is 0 Å². The molecule has 2 aromatic carbocycles. The molecule has 2 rings (SSSR count). The van der Waals surface area contributed by atoms with Gasteiger partial charge in [-0.1, -0.05) is 55.5 Å². The molecule has 1 unspecified atom stereocenters. The molecule has 2 aromatic rings. The largest absolute Gasteiger partial charge is 0.326 e. The summed E-state index contributed by atoms with van der Waals surface area (Å²) in [6, 6.07) is 16.7. The maximum absolute atomic E-state index is 12.3. The fraction of sp³-hybridized carbons (Fsp3) is 0.350. The van der Waals surface area contributed by atoms with Crippen LogP contribution in [0.4, 0.5) is 5.69 Å². The van der Waals surface area contributed by atoms with Crippen molar-refractivity contribution in [2.45, 2.75) is 32.7 Å². The highest BCUT2D eigenvalue weighted by molar-refractivity contribution is 7.88. The highest BCUT2D eigenvalue weighted by Gasteiger charge is 2.25. The van der Waals surface area contributed by atoms with Crippen molar-refractivity contribution in [2.24, 2.45) is 0 Å². The Morgan fingerprint density at radius 2 is 1.69 bits per heavy atom. The standard InChI is InChI=1S/C20H26N2O3S/c1-4-17-10-8-9-13-19(17)21-20(23)14-15-22(26(3,24)25)16(2)18-11-6-5-7-12-18/h5-13,16H,4,14-15H2,1-3H3,(H,21,23). The van der Waals surface area contributed by atoms with Gasteiger partial charge in [0.05, 0.1) is 6.26 Å². The van der Waals surface area contributed by atoms with Gasteiger partial charge in [-0.3, -0.25) is 4.79 Å². The number of anilines is 1. The van der Waals surface area contributed by atoms with Gasteiger partial charge in [-0.15, -0.1) is 0 Å². The fourth-order valence-corrected chi connectivity index (χ4v) is 4.04. The van der Waals surface area contributed by atoms with Crippen LogP contribution in [0.25, 0.3) is 0 Å². The molecule has 6 heteroatoms. The number of hydrogen-bond acceptors (Lipinski definition) is 3. The quantitative estimate of drug-likeness (QED) is 0.768. The minimum Gasteiger partial charge on any atom is -0.326 e. The van der Waals surface area contributed by atoms with Gasteiger partial charge >= 0.3 is 0 Å². The molecule has 1 amide bonds. The molecule has 1 atom stereocenters. The third-order valence-electron chi connectivity index (χ3n) is 4.37. The van der Waals surface area contributed by atoms with E-state index in [4.69, 9.17) is 0 Å².